The van der Waals surface area contributed by atoms with E-state index in [4.69, 9.17) is 4.98 Å². The largest absolute Gasteiger partial charge is 0.334 e. The number of aryl methyl sites for hydroxylation is 1. The van der Waals surface area contributed by atoms with Gasteiger partial charge in [0.25, 0.3) is 17.4 Å². The second-order valence-electron chi connectivity index (χ2n) is 8.42. The van der Waals surface area contributed by atoms with E-state index in [-0.39, 0.29) is 30.0 Å². The predicted molar refractivity (Wildman–Crippen MR) is 120 cm³/mol. The van der Waals surface area contributed by atoms with Gasteiger partial charge in [0, 0.05) is 43.7 Å². The smallest absolute Gasteiger partial charge is 0.273 e. The fourth-order valence-corrected chi connectivity index (χ4v) is 4.59. The molecule has 2 aliphatic rings. The summed E-state index contributed by atoms with van der Waals surface area (Å²) in [5.74, 6) is 0.222. The number of nitrogens with one attached hydrogen (secondary N) is 1. The number of H-pyrrole nitrogens is 1. The number of fused-ring (bicyclic) bond motifs is 1. The van der Waals surface area contributed by atoms with E-state index in [2.05, 4.69) is 15.0 Å². The summed E-state index contributed by atoms with van der Waals surface area (Å²) in [6, 6.07) is 6.65. The molecule has 1 saturated heterocycles. The molecule has 0 aromatic carbocycles. The number of amides is 2. The number of aromatic amines is 1. The van der Waals surface area contributed by atoms with Crippen LogP contribution in [0.3, 0.4) is 0 Å². The Kier molecular flexibility index (Phi) is 5.45. The predicted octanol–water partition coefficient (Wildman–Crippen LogP) is 2.04. The molecule has 2 amide bonds. The summed E-state index contributed by atoms with van der Waals surface area (Å²) in [5.41, 5.74) is 2.71. The molecule has 0 bridgehead atoms. The SMILES string of the molecule is Cc1cnccc1C(=O)N1CCc2nc(C3CCCN3C(=O)c3ccccn3)[nH]c(=O)c2C1. The Morgan fingerprint density at radius 1 is 1.12 bits per heavy atom. The minimum Gasteiger partial charge on any atom is -0.334 e. The topological polar surface area (TPSA) is 112 Å². The minimum absolute atomic E-state index is 0.119. The summed E-state index contributed by atoms with van der Waals surface area (Å²) >= 11 is 0. The van der Waals surface area contributed by atoms with E-state index in [0.717, 1.165) is 18.4 Å². The van der Waals surface area contributed by atoms with E-state index in [0.29, 0.717) is 47.8 Å². The highest BCUT2D eigenvalue weighted by Crippen LogP contribution is 2.31. The lowest BCUT2D eigenvalue weighted by atomic mass is 10.0. The van der Waals surface area contributed by atoms with Gasteiger partial charge >= 0.3 is 0 Å². The first-order valence-electron chi connectivity index (χ1n) is 11.1. The maximum Gasteiger partial charge on any atom is 0.273 e. The lowest BCUT2D eigenvalue weighted by Gasteiger charge is -2.29. The minimum atomic E-state index is -0.295. The molecule has 1 atom stereocenters. The van der Waals surface area contributed by atoms with Gasteiger partial charge in [-0.15, -0.1) is 0 Å². The molecule has 33 heavy (non-hydrogen) atoms. The van der Waals surface area contributed by atoms with Crippen LogP contribution in [0.2, 0.25) is 0 Å². The van der Waals surface area contributed by atoms with Gasteiger partial charge in [-0.25, -0.2) is 4.98 Å². The third-order valence-corrected chi connectivity index (χ3v) is 6.34. The Balaban J connectivity index is 1.39. The molecule has 3 aromatic rings. The average Bonchev–Trinajstić information content (AvgIpc) is 3.34. The van der Waals surface area contributed by atoms with Crippen LogP contribution in [0.15, 0.2) is 47.7 Å². The van der Waals surface area contributed by atoms with Crippen LogP contribution in [0.25, 0.3) is 0 Å². The summed E-state index contributed by atoms with van der Waals surface area (Å²) in [4.78, 5) is 58.2. The zero-order chi connectivity index (χ0) is 22.9. The molecule has 2 aliphatic heterocycles. The zero-order valence-electron chi connectivity index (χ0n) is 18.3. The highest BCUT2D eigenvalue weighted by molar-refractivity contribution is 5.95. The molecule has 9 heteroatoms. The fourth-order valence-electron chi connectivity index (χ4n) is 4.59. The molecule has 0 spiro atoms. The Morgan fingerprint density at radius 2 is 2.00 bits per heavy atom. The van der Waals surface area contributed by atoms with Crippen LogP contribution in [0.1, 0.15) is 62.4 Å². The van der Waals surface area contributed by atoms with Crippen LogP contribution >= 0.6 is 0 Å². The maximum atomic E-state index is 13.0. The van der Waals surface area contributed by atoms with Crippen LogP contribution in [0, 0.1) is 6.92 Å². The molecule has 5 rings (SSSR count). The van der Waals surface area contributed by atoms with Gasteiger partial charge < -0.3 is 14.8 Å². The van der Waals surface area contributed by atoms with Crippen molar-refractivity contribution in [2.24, 2.45) is 0 Å². The third-order valence-electron chi connectivity index (χ3n) is 6.34. The first kappa shape index (κ1) is 21.0. The number of nitrogens with zero attached hydrogens (tertiary/aromatic N) is 5. The number of hydrogen-bond acceptors (Lipinski definition) is 6. The molecule has 5 heterocycles. The van der Waals surface area contributed by atoms with Gasteiger partial charge in [-0.2, -0.15) is 0 Å². The Labute approximate surface area is 190 Å². The molecule has 0 aliphatic carbocycles. The van der Waals surface area contributed by atoms with Crippen LogP contribution in [-0.2, 0) is 13.0 Å². The highest BCUT2D eigenvalue weighted by atomic mass is 16.2. The van der Waals surface area contributed by atoms with Crippen molar-refractivity contribution < 1.29 is 9.59 Å². The quantitative estimate of drug-likeness (QED) is 0.662. The normalized spacial score (nSPS) is 17.7. The number of hydrogen-bond donors (Lipinski definition) is 1. The van der Waals surface area contributed by atoms with E-state index in [1.165, 1.54) is 0 Å². The first-order valence-corrected chi connectivity index (χ1v) is 11.1. The molecule has 1 fully saturated rings. The molecule has 3 aromatic heterocycles. The van der Waals surface area contributed by atoms with Crippen molar-refractivity contribution in [3.8, 4) is 0 Å². The van der Waals surface area contributed by atoms with Crippen molar-refractivity contribution in [3.05, 3.63) is 87.1 Å². The number of likely N-dealkylation sites (tertiary alicyclic amines) is 1. The molecular formula is C24H24N6O3. The standard InChI is InChI=1S/C24H24N6O3/c1-15-13-25-10-7-16(15)23(32)29-12-8-18-17(14-29)22(31)28-21(27-18)20-6-4-11-30(20)24(33)19-5-2-3-9-26-19/h2-3,5,7,9-10,13,20H,4,6,8,11-12,14H2,1H3,(H,27,28,31). The van der Waals surface area contributed by atoms with Gasteiger partial charge in [-0.1, -0.05) is 6.07 Å². The van der Waals surface area contributed by atoms with Crippen molar-refractivity contribution in [2.45, 2.75) is 38.8 Å². The number of carbonyl (C=O) groups is 2. The summed E-state index contributed by atoms with van der Waals surface area (Å²) in [6.45, 7) is 3.12. The Morgan fingerprint density at radius 3 is 2.79 bits per heavy atom. The van der Waals surface area contributed by atoms with Gasteiger partial charge in [0.1, 0.15) is 11.5 Å². The molecule has 1 N–H and O–H groups in total. The number of pyridine rings is 2. The van der Waals surface area contributed by atoms with E-state index in [9.17, 15) is 14.4 Å². The molecule has 1 unspecified atom stereocenters. The van der Waals surface area contributed by atoms with Crippen molar-refractivity contribution in [3.63, 3.8) is 0 Å². The molecule has 168 valence electrons. The molecule has 9 nitrogen and oxygen atoms in total. The van der Waals surface area contributed by atoms with Crippen LogP contribution in [-0.4, -0.2) is 54.6 Å². The Hall–Kier alpha value is -3.88. The first-order chi connectivity index (χ1) is 16.0. The van der Waals surface area contributed by atoms with Crippen molar-refractivity contribution in [1.29, 1.82) is 0 Å². The molecule has 0 radical (unpaired) electrons. The summed E-state index contributed by atoms with van der Waals surface area (Å²) in [6.07, 6.45) is 6.90. The third kappa shape index (κ3) is 3.90. The van der Waals surface area contributed by atoms with Crippen molar-refractivity contribution in [2.75, 3.05) is 13.1 Å². The monoisotopic (exact) mass is 444 g/mol. The lowest BCUT2D eigenvalue weighted by molar-refractivity contribution is 0.0712. The van der Waals surface area contributed by atoms with Crippen molar-refractivity contribution >= 4 is 11.8 Å². The summed E-state index contributed by atoms with van der Waals surface area (Å²) < 4.78 is 0. The van der Waals surface area contributed by atoms with Gasteiger partial charge in [0.15, 0.2) is 0 Å². The zero-order valence-corrected chi connectivity index (χ0v) is 18.3. The highest BCUT2D eigenvalue weighted by Gasteiger charge is 2.34. The number of aromatic nitrogens is 4. The Bertz CT molecular complexity index is 1270. The maximum absolute atomic E-state index is 13.0. The van der Waals surface area contributed by atoms with Gasteiger partial charge in [0.2, 0.25) is 0 Å². The van der Waals surface area contributed by atoms with Crippen LogP contribution in [0.4, 0.5) is 0 Å². The summed E-state index contributed by atoms with van der Waals surface area (Å²) in [7, 11) is 0. The second-order valence-corrected chi connectivity index (χ2v) is 8.42. The van der Waals surface area contributed by atoms with E-state index in [1.54, 1.807) is 52.7 Å². The summed E-state index contributed by atoms with van der Waals surface area (Å²) in [5, 5.41) is 0. The van der Waals surface area contributed by atoms with Crippen molar-refractivity contribution in [1.82, 2.24) is 29.7 Å². The average molecular weight is 444 g/mol. The van der Waals surface area contributed by atoms with Gasteiger partial charge in [0.05, 0.1) is 23.8 Å². The van der Waals surface area contributed by atoms with Crippen LogP contribution in [0.5, 0.6) is 0 Å². The number of rotatable bonds is 3. The van der Waals surface area contributed by atoms with Crippen LogP contribution < -0.4 is 5.56 Å². The van der Waals surface area contributed by atoms with E-state index < -0.39 is 0 Å². The number of carbonyl (C=O) groups excluding carboxylic acids is 2. The molecular weight excluding hydrogens is 420 g/mol. The lowest BCUT2D eigenvalue weighted by Crippen LogP contribution is -2.41. The fraction of sp³-hybridized carbons (Fsp3) is 0.333. The van der Waals surface area contributed by atoms with E-state index >= 15 is 0 Å². The second kappa shape index (κ2) is 8.57. The molecule has 0 saturated carbocycles. The van der Waals surface area contributed by atoms with Gasteiger partial charge in [-0.3, -0.25) is 24.4 Å². The van der Waals surface area contributed by atoms with E-state index in [1.807, 2.05) is 6.92 Å². The van der Waals surface area contributed by atoms with Gasteiger partial charge in [-0.05, 0) is 43.5 Å².